The van der Waals surface area contributed by atoms with E-state index in [9.17, 15) is 23.9 Å². The molecule has 0 bridgehead atoms. The molecule has 0 aliphatic carbocycles. The zero-order valence-corrected chi connectivity index (χ0v) is 17.2. The highest BCUT2D eigenvalue weighted by Gasteiger charge is 2.35. The van der Waals surface area contributed by atoms with Crippen molar-refractivity contribution in [3.63, 3.8) is 0 Å². The van der Waals surface area contributed by atoms with Crippen molar-refractivity contribution in [2.45, 2.75) is 6.54 Å². The van der Waals surface area contributed by atoms with Gasteiger partial charge in [0.2, 0.25) is 0 Å². The Hall–Kier alpha value is -3.36. The number of rotatable bonds is 5. The van der Waals surface area contributed by atoms with Crippen molar-refractivity contribution < 1.29 is 28.3 Å². The predicted octanol–water partition coefficient (Wildman–Crippen LogP) is 4.34. The Morgan fingerprint density at radius 1 is 1.16 bits per heavy atom. The van der Waals surface area contributed by atoms with Crippen molar-refractivity contribution in [1.29, 1.82) is 0 Å². The molecule has 2 amide bonds. The van der Waals surface area contributed by atoms with E-state index < -0.39 is 22.9 Å². The Kier molecular flexibility index (Phi) is 5.67. The smallest absolute Gasteiger partial charge is 0.293 e. The molecule has 2 heterocycles. The molecule has 1 saturated heterocycles. The average Bonchev–Trinajstić information content (AvgIpc) is 3.29. The maximum absolute atomic E-state index is 13.9. The highest BCUT2D eigenvalue weighted by Crippen LogP contribution is 2.35. The second kappa shape index (κ2) is 8.41. The van der Waals surface area contributed by atoms with Gasteiger partial charge in [-0.25, -0.2) is 4.39 Å². The third-order valence-corrected chi connectivity index (χ3v) is 5.75. The van der Waals surface area contributed by atoms with Gasteiger partial charge in [-0.15, -0.1) is 0 Å². The number of carbonyl (C=O) groups is 3. The highest BCUT2D eigenvalue weighted by molar-refractivity contribution is 8.18. The van der Waals surface area contributed by atoms with Crippen LogP contribution < -0.4 is 5.11 Å². The fraction of sp³-hybridized carbons (Fsp3) is 0.0455. The van der Waals surface area contributed by atoms with Gasteiger partial charge in [0.15, 0.2) is 0 Å². The number of halogens is 2. The van der Waals surface area contributed by atoms with Crippen molar-refractivity contribution in [3.8, 4) is 11.3 Å². The minimum Gasteiger partial charge on any atom is -0.545 e. The number of hydrogen-bond donors (Lipinski definition) is 0. The van der Waals surface area contributed by atoms with Crippen LogP contribution in [-0.2, 0) is 11.3 Å². The molecule has 9 heteroatoms. The Morgan fingerprint density at radius 3 is 2.65 bits per heavy atom. The topological polar surface area (TPSA) is 90.6 Å². The second-order valence-corrected chi connectivity index (χ2v) is 7.94. The van der Waals surface area contributed by atoms with Gasteiger partial charge in [0.25, 0.3) is 11.1 Å². The van der Waals surface area contributed by atoms with Gasteiger partial charge < -0.3 is 14.3 Å². The Bertz CT molecular complexity index is 1250. The quantitative estimate of drug-likeness (QED) is 0.530. The molecule has 156 valence electrons. The van der Waals surface area contributed by atoms with E-state index in [2.05, 4.69) is 0 Å². The van der Waals surface area contributed by atoms with Crippen molar-refractivity contribution in [2.24, 2.45) is 0 Å². The summed E-state index contributed by atoms with van der Waals surface area (Å²) in [5.41, 5.74) is 0.631. The molecule has 1 fully saturated rings. The number of benzene rings is 2. The number of amides is 2. The molecular weight excluding hydrogens is 445 g/mol. The number of furan rings is 1. The van der Waals surface area contributed by atoms with Crippen LogP contribution in [0.4, 0.5) is 9.18 Å². The van der Waals surface area contributed by atoms with Crippen molar-refractivity contribution >= 4 is 46.6 Å². The van der Waals surface area contributed by atoms with E-state index >= 15 is 0 Å². The second-order valence-electron chi connectivity index (χ2n) is 6.54. The highest BCUT2D eigenvalue weighted by atomic mass is 35.5. The lowest BCUT2D eigenvalue weighted by atomic mass is 10.1. The predicted molar refractivity (Wildman–Crippen MR) is 111 cm³/mol. The van der Waals surface area contributed by atoms with Crippen LogP contribution in [0.1, 0.15) is 21.7 Å². The zero-order chi connectivity index (χ0) is 22.1. The normalized spacial score (nSPS) is 15.2. The molecule has 3 aromatic rings. The van der Waals surface area contributed by atoms with Gasteiger partial charge in [-0.2, -0.15) is 0 Å². The summed E-state index contributed by atoms with van der Waals surface area (Å²) in [5.74, 6) is -1.72. The Balaban J connectivity index is 1.55. The van der Waals surface area contributed by atoms with E-state index in [-0.39, 0.29) is 27.6 Å². The number of aromatic carboxylic acids is 1. The summed E-state index contributed by atoms with van der Waals surface area (Å²) in [4.78, 5) is 37.0. The van der Waals surface area contributed by atoms with E-state index in [0.717, 1.165) is 16.7 Å². The number of imide groups is 1. The monoisotopic (exact) mass is 456 g/mol. The number of nitrogens with zero attached hydrogens (tertiary/aromatic N) is 1. The SMILES string of the molecule is O=C([O-])c1ccc(-c2ccc(/C=C3/SC(=O)N(Cc4ccccc4F)C3=O)o2)cc1Cl. The third-order valence-electron chi connectivity index (χ3n) is 4.53. The molecule has 0 radical (unpaired) electrons. The first-order valence-corrected chi connectivity index (χ1v) is 10.1. The molecule has 2 aromatic carbocycles. The fourth-order valence-electron chi connectivity index (χ4n) is 2.98. The van der Waals surface area contributed by atoms with E-state index in [1.54, 1.807) is 18.2 Å². The van der Waals surface area contributed by atoms with Crippen LogP contribution in [0.25, 0.3) is 17.4 Å². The van der Waals surface area contributed by atoms with Gasteiger partial charge in [-0.05, 0) is 36.0 Å². The molecule has 6 nitrogen and oxygen atoms in total. The maximum Gasteiger partial charge on any atom is 0.293 e. The first kappa shape index (κ1) is 20.9. The lowest BCUT2D eigenvalue weighted by Gasteiger charge is -2.12. The van der Waals surface area contributed by atoms with Crippen LogP contribution in [0.5, 0.6) is 0 Å². The molecule has 1 aliphatic heterocycles. The molecule has 0 spiro atoms. The minimum atomic E-state index is -1.39. The van der Waals surface area contributed by atoms with Crippen LogP contribution in [0.2, 0.25) is 5.02 Å². The molecule has 0 saturated carbocycles. The van der Waals surface area contributed by atoms with Crippen molar-refractivity contribution in [2.75, 3.05) is 0 Å². The lowest BCUT2D eigenvalue weighted by molar-refractivity contribution is -0.255. The third kappa shape index (κ3) is 4.26. The van der Waals surface area contributed by atoms with Gasteiger partial charge in [0.1, 0.15) is 17.3 Å². The summed E-state index contributed by atoms with van der Waals surface area (Å²) >= 11 is 6.69. The summed E-state index contributed by atoms with van der Waals surface area (Å²) in [6.07, 6.45) is 1.42. The maximum atomic E-state index is 13.9. The molecule has 0 unspecified atom stereocenters. The number of carbonyl (C=O) groups excluding carboxylic acids is 3. The van der Waals surface area contributed by atoms with E-state index in [0.29, 0.717) is 17.1 Å². The standard InChI is InChI=1S/C22H13ClFNO5S/c23-16-9-12(5-7-15(16)21(27)28)18-8-6-14(30-18)10-19-20(26)25(22(29)31-19)11-13-3-1-2-4-17(13)24/h1-10H,11H2,(H,27,28)/p-1/b19-10+. The molecule has 31 heavy (non-hydrogen) atoms. The minimum absolute atomic E-state index is 0.00436. The average molecular weight is 457 g/mol. The summed E-state index contributed by atoms with van der Waals surface area (Å²) in [6, 6.07) is 13.4. The summed E-state index contributed by atoms with van der Waals surface area (Å²) in [6.45, 7) is -0.165. The van der Waals surface area contributed by atoms with Gasteiger partial charge in [-0.1, -0.05) is 41.9 Å². The number of carboxylic acids is 1. The summed E-state index contributed by atoms with van der Waals surface area (Å²) in [7, 11) is 0. The molecule has 1 aromatic heterocycles. The molecule has 4 rings (SSSR count). The summed E-state index contributed by atoms with van der Waals surface area (Å²) < 4.78 is 19.6. The fourth-order valence-corrected chi connectivity index (χ4v) is 4.06. The van der Waals surface area contributed by atoms with E-state index in [1.807, 2.05) is 0 Å². The van der Waals surface area contributed by atoms with Crippen LogP contribution in [0, 0.1) is 5.82 Å². The molecule has 0 N–H and O–H groups in total. The Morgan fingerprint density at radius 2 is 1.94 bits per heavy atom. The van der Waals surface area contributed by atoms with Crippen molar-refractivity contribution in [3.05, 3.63) is 87.2 Å². The van der Waals surface area contributed by atoms with Gasteiger partial charge in [0, 0.05) is 22.8 Å². The largest absolute Gasteiger partial charge is 0.545 e. The number of thioether (sulfide) groups is 1. The first-order chi connectivity index (χ1) is 14.8. The molecule has 0 atom stereocenters. The number of carboxylic acid groups (broad SMARTS) is 1. The van der Waals surface area contributed by atoms with Crippen LogP contribution in [-0.4, -0.2) is 22.0 Å². The van der Waals surface area contributed by atoms with Crippen LogP contribution in [0.15, 0.2) is 63.9 Å². The first-order valence-electron chi connectivity index (χ1n) is 8.93. The van der Waals surface area contributed by atoms with Gasteiger partial charge in [-0.3, -0.25) is 14.5 Å². The van der Waals surface area contributed by atoms with E-state index in [1.165, 1.54) is 42.5 Å². The molecule has 1 aliphatic rings. The Labute approximate surface area is 184 Å². The summed E-state index contributed by atoms with van der Waals surface area (Å²) in [5, 5.41) is 10.5. The lowest BCUT2D eigenvalue weighted by Crippen LogP contribution is -2.27. The van der Waals surface area contributed by atoms with Crippen molar-refractivity contribution in [1.82, 2.24) is 4.90 Å². The zero-order valence-electron chi connectivity index (χ0n) is 15.6. The van der Waals surface area contributed by atoms with E-state index in [4.69, 9.17) is 16.0 Å². The number of hydrogen-bond acceptors (Lipinski definition) is 6. The van der Waals surface area contributed by atoms with Gasteiger partial charge >= 0.3 is 0 Å². The van der Waals surface area contributed by atoms with Crippen LogP contribution >= 0.6 is 23.4 Å². The van der Waals surface area contributed by atoms with Gasteiger partial charge in [0.05, 0.1) is 22.4 Å². The van der Waals surface area contributed by atoms with Crippen LogP contribution in [0.3, 0.4) is 0 Å². The molecular formula is C22H12ClFNO5S-.